The summed E-state index contributed by atoms with van der Waals surface area (Å²) in [5.74, 6) is -0.0215. The van der Waals surface area contributed by atoms with Crippen molar-refractivity contribution in [3.05, 3.63) is 33.0 Å². The molecule has 0 aromatic carbocycles. The Labute approximate surface area is 114 Å². The van der Waals surface area contributed by atoms with Gasteiger partial charge >= 0.3 is 0 Å². The Bertz CT molecular complexity index is 533. The number of rotatable bonds is 5. The van der Waals surface area contributed by atoms with Gasteiger partial charge in [0.15, 0.2) is 5.13 Å². The molecule has 0 atom stereocenters. The van der Waals surface area contributed by atoms with Gasteiger partial charge < -0.3 is 11.1 Å². The second-order valence-electron chi connectivity index (χ2n) is 3.85. The van der Waals surface area contributed by atoms with Crippen LogP contribution in [0.1, 0.15) is 22.4 Å². The molecule has 2 aromatic rings. The number of aromatic nitrogens is 1. The van der Waals surface area contributed by atoms with Gasteiger partial charge in [-0.2, -0.15) is 0 Å². The molecule has 0 bridgehead atoms. The summed E-state index contributed by atoms with van der Waals surface area (Å²) in [5.41, 5.74) is 6.25. The number of carbonyl (C=O) groups is 1. The normalized spacial score (nSPS) is 10.5. The molecule has 0 unspecified atom stereocenters. The number of aryl methyl sites for hydroxylation is 1. The van der Waals surface area contributed by atoms with E-state index in [9.17, 15) is 4.79 Å². The molecule has 4 nitrogen and oxygen atoms in total. The molecule has 18 heavy (non-hydrogen) atoms. The lowest BCUT2D eigenvalue weighted by molar-refractivity contribution is -0.120. The third-order valence-corrected chi connectivity index (χ3v) is 4.39. The average Bonchev–Trinajstić information content (AvgIpc) is 2.95. The fraction of sp³-hybridized carbons (Fsp3) is 0.333. The summed E-state index contributed by atoms with van der Waals surface area (Å²) >= 11 is 3.09. The average molecular weight is 281 g/mol. The van der Waals surface area contributed by atoms with E-state index in [1.807, 2.05) is 5.38 Å². The molecule has 6 heteroatoms. The minimum absolute atomic E-state index is 0.0215. The molecule has 2 rings (SSSR count). The predicted molar refractivity (Wildman–Crippen MR) is 75.8 cm³/mol. The maximum Gasteiger partial charge on any atom is 0.226 e. The van der Waals surface area contributed by atoms with Crippen molar-refractivity contribution < 1.29 is 4.79 Å². The highest BCUT2D eigenvalue weighted by Crippen LogP contribution is 2.16. The molecule has 0 aliphatic heterocycles. The lowest BCUT2D eigenvalue weighted by atomic mass is 10.3. The molecule has 0 spiro atoms. The Morgan fingerprint density at radius 3 is 2.83 bits per heavy atom. The van der Waals surface area contributed by atoms with Crippen molar-refractivity contribution in [2.45, 2.75) is 26.3 Å². The summed E-state index contributed by atoms with van der Waals surface area (Å²) < 4.78 is 0. The van der Waals surface area contributed by atoms with Gasteiger partial charge in [0.05, 0.1) is 18.7 Å². The van der Waals surface area contributed by atoms with Gasteiger partial charge in [0.1, 0.15) is 0 Å². The highest BCUT2D eigenvalue weighted by Gasteiger charge is 2.07. The molecule has 1 amide bonds. The summed E-state index contributed by atoms with van der Waals surface area (Å²) in [6.45, 7) is 2.71. The first kappa shape index (κ1) is 13.0. The van der Waals surface area contributed by atoms with Crippen molar-refractivity contribution in [1.29, 1.82) is 0 Å². The van der Waals surface area contributed by atoms with Gasteiger partial charge in [0, 0.05) is 15.1 Å². The number of hydrogen-bond donors (Lipinski definition) is 2. The smallest absolute Gasteiger partial charge is 0.226 e. The first-order valence-electron chi connectivity index (χ1n) is 5.71. The topological polar surface area (TPSA) is 68.0 Å². The molecule has 0 radical (unpaired) electrons. The Hall–Kier alpha value is -1.40. The van der Waals surface area contributed by atoms with E-state index in [0.29, 0.717) is 18.1 Å². The number of carbonyl (C=O) groups excluding carboxylic acids is 1. The van der Waals surface area contributed by atoms with Crippen LogP contribution in [0.3, 0.4) is 0 Å². The number of nitrogens with zero attached hydrogens (tertiary/aromatic N) is 1. The van der Waals surface area contributed by atoms with E-state index in [-0.39, 0.29) is 5.91 Å². The number of hydrogen-bond acceptors (Lipinski definition) is 5. The van der Waals surface area contributed by atoms with Crippen LogP contribution in [-0.2, 0) is 24.2 Å². The Balaban J connectivity index is 1.81. The number of thiophene rings is 1. The van der Waals surface area contributed by atoms with E-state index in [1.54, 1.807) is 11.3 Å². The fourth-order valence-electron chi connectivity index (χ4n) is 1.52. The van der Waals surface area contributed by atoms with Crippen LogP contribution < -0.4 is 11.1 Å². The van der Waals surface area contributed by atoms with Crippen molar-refractivity contribution in [3.8, 4) is 0 Å². The summed E-state index contributed by atoms with van der Waals surface area (Å²) in [4.78, 5) is 18.3. The molecule has 2 heterocycles. The summed E-state index contributed by atoms with van der Waals surface area (Å²) in [7, 11) is 0. The van der Waals surface area contributed by atoms with Crippen molar-refractivity contribution in [3.63, 3.8) is 0 Å². The first-order chi connectivity index (χ1) is 8.67. The van der Waals surface area contributed by atoms with Crippen LogP contribution >= 0.6 is 22.7 Å². The first-order valence-corrected chi connectivity index (χ1v) is 7.41. The van der Waals surface area contributed by atoms with E-state index < -0.39 is 0 Å². The van der Waals surface area contributed by atoms with Crippen molar-refractivity contribution in [2.24, 2.45) is 0 Å². The van der Waals surface area contributed by atoms with Crippen LogP contribution in [0, 0.1) is 0 Å². The van der Waals surface area contributed by atoms with Crippen LogP contribution in [0.25, 0.3) is 0 Å². The molecule has 0 saturated heterocycles. The van der Waals surface area contributed by atoms with E-state index in [0.717, 1.165) is 12.1 Å². The zero-order valence-electron chi connectivity index (χ0n) is 10.1. The minimum atomic E-state index is -0.0215. The number of nitrogens with one attached hydrogen (secondary N) is 1. The second kappa shape index (κ2) is 5.97. The largest absolute Gasteiger partial charge is 0.375 e. The molecule has 0 fully saturated rings. The summed E-state index contributed by atoms with van der Waals surface area (Å²) in [6.07, 6.45) is 1.33. The van der Waals surface area contributed by atoms with E-state index in [2.05, 4.69) is 29.4 Å². The van der Waals surface area contributed by atoms with Gasteiger partial charge in [-0.05, 0) is 18.6 Å². The maximum absolute atomic E-state index is 11.7. The molecule has 3 N–H and O–H groups in total. The number of amides is 1. The second-order valence-corrected chi connectivity index (χ2v) is 5.99. The Morgan fingerprint density at radius 2 is 2.22 bits per heavy atom. The quantitative estimate of drug-likeness (QED) is 0.883. The third-order valence-electron chi connectivity index (χ3n) is 2.44. The molecular formula is C12H15N3OS2. The predicted octanol–water partition coefficient (Wildman–Crippen LogP) is 2.21. The molecule has 96 valence electrons. The summed E-state index contributed by atoms with van der Waals surface area (Å²) in [6, 6.07) is 4.16. The molecule has 2 aromatic heterocycles. The zero-order chi connectivity index (χ0) is 13.0. The van der Waals surface area contributed by atoms with Crippen molar-refractivity contribution >= 4 is 33.7 Å². The standard InChI is InChI=1S/C12H15N3OS2/c1-2-9-3-4-10(18-9)6-14-11(16)5-8-7-17-12(13)15-8/h3-4,7H,2,5-6H2,1H3,(H2,13,15)(H,14,16). The van der Waals surface area contributed by atoms with Gasteiger partial charge in [-0.1, -0.05) is 6.92 Å². The highest BCUT2D eigenvalue weighted by molar-refractivity contribution is 7.13. The van der Waals surface area contributed by atoms with E-state index >= 15 is 0 Å². The van der Waals surface area contributed by atoms with Crippen molar-refractivity contribution in [2.75, 3.05) is 5.73 Å². The zero-order valence-corrected chi connectivity index (χ0v) is 11.7. The summed E-state index contributed by atoms with van der Waals surface area (Å²) in [5, 5.41) is 5.21. The molecule has 0 saturated carbocycles. The SMILES string of the molecule is CCc1ccc(CNC(=O)Cc2csc(N)n2)s1. The minimum Gasteiger partial charge on any atom is -0.375 e. The Kier molecular flexibility index (Phi) is 4.33. The Morgan fingerprint density at radius 1 is 1.44 bits per heavy atom. The van der Waals surface area contributed by atoms with Crippen LogP contribution in [-0.4, -0.2) is 10.9 Å². The molecule has 0 aliphatic carbocycles. The van der Waals surface area contributed by atoms with Gasteiger partial charge in [-0.3, -0.25) is 4.79 Å². The van der Waals surface area contributed by atoms with Gasteiger partial charge in [0.2, 0.25) is 5.91 Å². The molecule has 0 aliphatic rings. The monoisotopic (exact) mass is 281 g/mol. The lowest BCUT2D eigenvalue weighted by Crippen LogP contribution is -2.24. The van der Waals surface area contributed by atoms with Gasteiger partial charge in [-0.15, -0.1) is 22.7 Å². The van der Waals surface area contributed by atoms with Crippen LogP contribution in [0.5, 0.6) is 0 Å². The van der Waals surface area contributed by atoms with E-state index in [1.165, 1.54) is 21.1 Å². The van der Waals surface area contributed by atoms with Gasteiger partial charge in [0.25, 0.3) is 0 Å². The van der Waals surface area contributed by atoms with E-state index in [4.69, 9.17) is 5.73 Å². The number of nitrogen functional groups attached to an aromatic ring is 1. The van der Waals surface area contributed by atoms with Gasteiger partial charge in [-0.25, -0.2) is 4.98 Å². The molecular weight excluding hydrogens is 266 g/mol. The lowest BCUT2D eigenvalue weighted by Gasteiger charge is -2.01. The number of thiazole rings is 1. The van der Waals surface area contributed by atoms with Crippen molar-refractivity contribution in [1.82, 2.24) is 10.3 Å². The number of anilines is 1. The van der Waals surface area contributed by atoms with Crippen LogP contribution in [0.2, 0.25) is 0 Å². The van der Waals surface area contributed by atoms with Crippen LogP contribution in [0.4, 0.5) is 5.13 Å². The third kappa shape index (κ3) is 3.54. The highest BCUT2D eigenvalue weighted by atomic mass is 32.1. The maximum atomic E-state index is 11.7. The van der Waals surface area contributed by atoms with Crippen LogP contribution in [0.15, 0.2) is 17.5 Å². The number of nitrogens with two attached hydrogens (primary N) is 1. The fourth-order valence-corrected chi connectivity index (χ4v) is 2.98.